The first kappa shape index (κ1) is 59.6. The molecule has 0 spiro atoms. The molecule has 7 rings (SSSR count). The Hall–Kier alpha value is -6.09. The zero-order valence-electron chi connectivity index (χ0n) is 47.2. The fourth-order valence-electron chi connectivity index (χ4n) is 13.8. The van der Waals surface area contributed by atoms with E-state index in [2.05, 4.69) is 62.0 Å². The quantitative estimate of drug-likeness (QED) is 0.0142. The molecule has 0 heterocycles. The van der Waals surface area contributed by atoms with Crippen LogP contribution in [0.3, 0.4) is 0 Å². The second-order valence-corrected chi connectivity index (χ2v) is 23.8. The number of benzene rings is 3. The van der Waals surface area contributed by atoms with E-state index in [9.17, 15) is 34.1 Å². The minimum Gasteiger partial charge on any atom is -0.429 e. The Bertz CT molecular complexity index is 2520. The summed E-state index contributed by atoms with van der Waals surface area (Å²) in [6, 6.07) is 18.9. The van der Waals surface area contributed by atoms with Crippen LogP contribution in [0, 0.1) is 56.5 Å². The summed E-state index contributed by atoms with van der Waals surface area (Å²) in [5, 5.41) is 22.4. The van der Waals surface area contributed by atoms with Gasteiger partial charge < -0.3 is 35.5 Å². The highest BCUT2D eigenvalue weighted by atomic mass is 16.7. The maximum absolute atomic E-state index is 14.0. The van der Waals surface area contributed by atoms with Gasteiger partial charge in [0, 0.05) is 50.2 Å². The lowest BCUT2D eigenvalue weighted by molar-refractivity contribution is -0.384. The number of rotatable bonds is 27. The number of nitro benzene ring substituents is 1. The molecule has 424 valence electrons. The molecule has 15 nitrogen and oxygen atoms in total. The number of carbonyl (C=O) groups excluding carboxylic acids is 5. The molecule has 0 radical (unpaired) electrons. The van der Waals surface area contributed by atoms with Gasteiger partial charge in [0.25, 0.3) is 5.69 Å². The Kier molecular flexibility index (Phi) is 21.5. The third-order valence-corrected chi connectivity index (χ3v) is 18.1. The summed E-state index contributed by atoms with van der Waals surface area (Å²) in [5.74, 6) is 3.32. The molecule has 1 unspecified atom stereocenters. The van der Waals surface area contributed by atoms with Crippen molar-refractivity contribution in [2.75, 3.05) is 18.5 Å². The SMILES string of the molecule is CCCC[C@H](NC(=O)C(Cc1ccccc1)NC(=O)CCC(=O)NCCCO[C@H]1CC[C@@]2(C)C(=CC[C@H]3[C@@H]4CC[C@H]([C@H](C)CCCC(C)C)[C@@]4(C)CC[C@@H]32)C1)C(=O)Nc1ccc(COC(=O)Oc2ccc([N+](=O)[O-])cc2)cc1. The molecule has 15 heteroatoms. The van der Waals surface area contributed by atoms with Gasteiger partial charge in [-0.15, -0.1) is 0 Å². The molecule has 0 aliphatic heterocycles. The third kappa shape index (κ3) is 16.0. The highest BCUT2D eigenvalue weighted by Gasteiger charge is 2.59. The van der Waals surface area contributed by atoms with E-state index in [0.29, 0.717) is 49.1 Å². The second-order valence-electron chi connectivity index (χ2n) is 23.8. The summed E-state index contributed by atoms with van der Waals surface area (Å²) in [4.78, 5) is 76.5. The number of carbonyl (C=O) groups is 5. The summed E-state index contributed by atoms with van der Waals surface area (Å²) in [5.41, 5.74) is 4.09. The van der Waals surface area contributed by atoms with Gasteiger partial charge in [-0.05, 0) is 146 Å². The van der Waals surface area contributed by atoms with Gasteiger partial charge in [0.2, 0.25) is 23.6 Å². The molecule has 0 saturated heterocycles. The number of nitrogens with zero attached hydrogens (tertiary/aromatic N) is 1. The maximum atomic E-state index is 14.0. The topological polar surface area (TPSA) is 204 Å². The molecule has 3 aromatic rings. The Balaban J connectivity index is 0.824. The molecule has 3 aromatic carbocycles. The van der Waals surface area contributed by atoms with Crippen molar-refractivity contribution in [1.82, 2.24) is 16.0 Å². The number of allylic oxidation sites excluding steroid dienone is 1. The first-order valence-electron chi connectivity index (χ1n) is 29.2. The Morgan fingerprint density at radius 3 is 2.22 bits per heavy atom. The number of amides is 4. The standard InChI is InChI=1S/C63H87N5O10/c1-7-8-18-55(59(71)65-47-22-19-45(20-23-47)41-77-61(73)78-49-26-24-48(25-27-49)68(74)75)67-60(72)56(39-44-16-10-9-11-17-44)66-58(70)32-31-57(69)64-37-13-38-76-50-33-35-62(5)46(40-50)21-28-51-53-30-29-52(43(4)15-12-14-42(2)3)63(53,6)36-34-54(51)62/h9-11,16-17,19-27,42-43,50-56H,7-8,12-15,18,28-41H2,1-6H3,(H,64,69)(H,65,71)(H,66,70)(H,67,72)/t43-,50+,51+,52-,53+,54+,55+,56?,62+,63-/m1/s1. The molecule has 4 aliphatic rings. The largest absolute Gasteiger partial charge is 0.514 e. The van der Waals surface area contributed by atoms with Crippen LogP contribution < -0.4 is 26.0 Å². The molecule has 4 N–H and O–H groups in total. The van der Waals surface area contributed by atoms with E-state index in [4.69, 9.17) is 14.2 Å². The zero-order chi connectivity index (χ0) is 55.8. The summed E-state index contributed by atoms with van der Waals surface area (Å²) < 4.78 is 16.7. The van der Waals surface area contributed by atoms with Gasteiger partial charge in [-0.1, -0.05) is 128 Å². The average Bonchev–Trinajstić information content (AvgIpc) is 4.01. The van der Waals surface area contributed by atoms with Gasteiger partial charge in [-0.3, -0.25) is 29.3 Å². The van der Waals surface area contributed by atoms with Crippen LogP contribution >= 0.6 is 0 Å². The highest BCUT2D eigenvalue weighted by Crippen LogP contribution is 2.67. The number of anilines is 1. The Morgan fingerprint density at radius 1 is 0.756 bits per heavy atom. The molecule has 3 saturated carbocycles. The molecule has 3 fully saturated rings. The molecule has 4 amide bonds. The van der Waals surface area contributed by atoms with Gasteiger partial charge in [-0.25, -0.2) is 4.79 Å². The van der Waals surface area contributed by atoms with Crippen LogP contribution in [0.25, 0.3) is 0 Å². The lowest BCUT2D eigenvalue weighted by Crippen LogP contribution is -2.53. The van der Waals surface area contributed by atoms with Gasteiger partial charge in [-0.2, -0.15) is 0 Å². The van der Waals surface area contributed by atoms with Crippen molar-refractivity contribution in [2.45, 2.75) is 182 Å². The van der Waals surface area contributed by atoms with Gasteiger partial charge in [0.15, 0.2) is 0 Å². The number of hydrogen-bond acceptors (Lipinski definition) is 10. The summed E-state index contributed by atoms with van der Waals surface area (Å²) >= 11 is 0. The Morgan fingerprint density at radius 2 is 1.50 bits per heavy atom. The van der Waals surface area contributed by atoms with Crippen LogP contribution in [0.15, 0.2) is 90.5 Å². The predicted octanol–water partition coefficient (Wildman–Crippen LogP) is 12.4. The molecular formula is C63H87N5O10. The fourth-order valence-corrected chi connectivity index (χ4v) is 13.8. The second kappa shape index (κ2) is 28.2. The van der Waals surface area contributed by atoms with Crippen LogP contribution in [-0.2, 0) is 41.7 Å². The molecule has 78 heavy (non-hydrogen) atoms. The summed E-state index contributed by atoms with van der Waals surface area (Å²) in [6.45, 7) is 15.3. The number of non-ortho nitro benzene ring substituents is 1. The lowest BCUT2D eigenvalue weighted by atomic mass is 9.47. The van der Waals surface area contributed by atoms with Crippen molar-refractivity contribution < 1.29 is 43.1 Å². The van der Waals surface area contributed by atoms with Crippen molar-refractivity contribution in [1.29, 1.82) is 0 Å². The number of hydrogen-bond donors (Lipinski definition) is 4. The predicted molar refractivity (Wildman–Crippen MR) is 302 cm³/mol. The highest BCUT2D eigenvalue weighted by molar-refractivity contribution is 5.98. The van der Waals surface area contributed by atoms with Crippen LogP contribution in [0.4, 0.5) is 16.2 Å². The van der Waals surface area contributed by atoms with Gasteiger partial charge >= 0.3 is 6.16 Å². The normalized spacial score (nSPS) is 24.4. The molecule has 0 aromatic heterocycles. The molecular weight excluding hydrogens is 987 g/mol. The van der Waals surface area contributed by atoms with E-state index < -0.39 is 40.9 Å². The number of nitrogens with one attached hydrogen (secondary N) is 4. The van der Waals surface area contributed by atoms with Crippen LogP contribution in [0.2, 0.25) is 0 Å². The van der Waals surface area contributed by atoms with Crippen molar-refractivity contribution in [3.63, 3.8) is 0 Å². The average molecular weight is 1070 g/mol. The number of unbranched alkanes of at least 4 members (excludes halogenated alkanes) is 1. The minimum absolute atomic E-state index is 0.0411. The fraction of sp³-hybridized carbons (Fsp3) is 0.603. The first-order valence-corrected chi connectivity index (χ1v) is 29.2. The third-order valence-electron chi connectivity index (χ3n) is 18.1. The number of fused-ring (bicyclic) bond motifs is 5. The first-order chi connectivity index (χ1) is 37.4. The molecule has 4 aliphatic carbocycles. The van der Waals surface area contributed by atoms with Crippen molar-refractivity contribution >= 4 is 41.2 Å². The lowest BCUT2D eigenvalue weighted by Gasteiger charge is -2.58. The van der Waals surface area contributed by atoms with Gasteiger partial charge in [0.05, 0.1) is 11.0 Å². The van der Waals surface area contributed by atoms with Gasteiger partial charge in [0.1, 0.15) is 24.4 Å². The minimum atomic E-state index is -1.01. The maximum Gasteiger partial charge on any atom is 0.514 e. The van der Waals surface area contributed by atoms with E-state index in [-0.39, 0.29) is 54.7 Å². The number of ether oxygens (including phenoxy) is 3. The van der Waals surface area contributed by atoms with E-state index in [1.54, 1.807) is 29.8 Å². The zero-order valence-corrected chi connectivity index (χ0v) is 47.2. The van der Waals surface area contributed by atoms with E-state index in [1.165, 1.54) is 82.1 Å². The smallest absolute Gasteiger partial charge is 0.429 e. The van der Waals surface area contributed by atoms with E-state index in [1.807, 2.05) is 37.3 Å². The van der Waals surface area contributed by atoms with E-state index in [0.717, 1.165) is 60.3 Å². The summed E-state index contributed by atoms with van der Waals surface area (Å²) in [6.07, 6.45) is 18.4. The van der Waals surface area contributed by atoms with Crippen LogP contribution in [0.1, 0.15) is 162 Å². The monoisotopic (exact) mass is 1070 g/mol. The van der Waals surface area contributed by atoms with Crippen molar-refractivity contribution in [3.8, 4) is 5.75 Å². The molecule has 0 bridgehead atoms. The van der Waals surface area contributed by atoms with Crippen LogP contribution in [-0.4, -0.2) is 66.0 Å². The number of nitro groups is 1. The molecule has 10 atom stereocenters. The van der Waals surface area contributed by atoms with Crippen molar-refractivity contribution in [3.05, 3.63) is 112 Å². The Labute approximate surface area is 462 Å². The summed E-state index contributed by atoms with van der Waals surface area (Å²) in [7, 11) is 0. The van der Waals surface area contributed by atoms with Crippen molar-refractivity contribution in [2.24, 2.45) is 46.3 Å². The van der Waals surface area contributed by atoms with E-state index >= 15 is 0 Å². The van der Waals surface area contributed by atoms with Crippen LogP contribution in [0.5, 0.6) is 5.75 Å².